The Balaban J connectivity index is 1.42. The number of hydrogen-bond donors (Lipinski definition) is 2. The summed E-state index contributed by atoms with van der Waals surface area (Å²) in [6.07, 6.45) is 5.82. The molecule has 1 atom stereocenters. The van der Waals surface area contributed by atoms with Crippen LogP contribution in [0.2, 0.25) is 0 Å². The largest absolute Gasteiger partial charge is 0.497 e. The number of methoxy groups -OCH3 is 1. The van der Waals surface area contributed by atoms with E-state index in [1.54, 1.807) is 7.11 Å². The van der Waals surface area contributed by atoms with E-state index in [9.17, 15) is 18.3 Å². The predicted octanol–water partition coefficient (Wildman–Crippen LogP) is 5.49. The average molecular weight is 503 g/mol. The van der Waals surface area contributed by atoms with Crippen molar-refractivity contribution in [2.24, 2.45) is 5.41 Å². The van der Waals surface area contributed by atoms with E-state index in [0.717, 1.165) is 79.5 Å². The molecule has 3 aromatic rings. The van der Waals surface area contributed by atoms with Gasteiger partial charge in [0.2, 0.25) is 0 Å². The van der Waals surface area contributed by atoms with E-state index in [0.29, 0.717) is 6.42 Å². The summed E-state index contributed by atoms with van der Waals surface area (Å²) in [6, 6.07) is 7.54. The van der Waals surface area contributed by atoms with Crippen LogP contribution in [0.4, 0.5) is 13.2 Å². The molecule has 4 rings (SSSR count). The van der Waals surface area contributed by atoms with Gasteiger partial charge in [-0.25, -0.2) is 13.2 Å². The first-order chi connectivity index (χ1) is 17.3. The highest BCUT2D eigenvalue weighted by Gasteiger charge is 2.38. The molecule has 0 amide bonds. The molecule has 2 heterocycles. The second kappa shape index (κ2) is 11.5. The molecule has 0 saturated carbocycles. The maximum atomic E-state index is 13.5. The Kier molecular flexibility index (Phi) is 8.36. The molecule has 0 aliphatic carbocycles. The Morgan fingerprint density at radius 3 is 2.50 bits per heavy atom. The van der Waals surface area contributed by atoms with Crippen LogP contribution in [0.1, 0.15) is 43.2 Å². The van der Waals surface area contributed by atoms with Crippen molar-refractivity contribution in [2.75, 3.05) is 26.8 Å². The molecule has 1 unspecified atom stereocenters. The highest BCUT2D eigenvalue weighted by molar-refractivity contribution is 5.84. The Labute approximate surface area is 209 Å². The fraction of sp³-hybridized carbons (Fsp3) is 0.464. The van der Waals surface area contributed by atoms with Crippen LogP contribution in [0.5, 0.6) is 11.5 Å². The number of piperidine rings is 1. The zero-order chi connectivity index (χ0) is 25.7. The van der Waals surface area contributed by atoms with Crippen LogP contribution in [0, 0.1) is 29.8 Å². The quantitative estimate of drug-likeness (QED) is 0.359. The molecule has 2 aromatic carbocycles. The van der Waals surface area contributed by atoms with Crippen molar-refractivity contribution in [2.45, 2.75) is 51.6 Å². The number of benzene rings is 2. The molecule has 0 spiro atoms. The lowest BCUT2D eigenvalue weighted by molar-refractivity contribution is -0.0189. The Morgan fingerprint density at radius 1 is 1.08 bits per heavy atom. The first-order valence-corrected chi connectivity index (χ1v) is 12.4. The lowest BCUT2D eigenvalue weighted by Crippen LogP contribution is -2.45. The van der Waals surface area contributed by atoms with Gasteiger partial charge in [-0.15, -0.1) is 0 Å². The zero-order valence-electron chi connectivity index (χ0n) is 20.8. The van der Waals surface area contributed by atoms with Crippen LogP contribution < -0.4 is 14.8 Å². The number of hydrogen-bond acceptors (Lipinski definition) is 5. The number of rotatable bonds is 10. The molecule has 2 N–H and O–H groups in total. The molecule has 5 nitrogen and oxygen atoms in total. The minimum atomic E-state index is -1.52. The molecule has 194 valence electrons. The molecule has 1 aromatic heterocycles. The molecule has 8 heteroatoms. The summed E-state index contributed by atoms with van der Waals surface area (Å²) in [5, 5.41) is 15.7. The number of nitrogens with zero attached hydrogens (tertiary/aromatic N) is 1. The van der Waals surface area contributed by atoms with Crippen molar-refractivity contribution < 1.29 is 27.8 Å². The van der Waals surface area contributed by atoms with E-state index in [1.165, 1.54) is 5.56 Å². The van der Waals surface area contributed by atoms with Gasteiger partial charge in [0, 0.05) is 30.1 Å². The van der Waals surface area contributed by atoms with Crippen LogP contribution in [0.15, 0.2) is 36.5 Å². The van der Waals surface area contributed by atoms with Crippen LogP contribution >= 0.6 is 0 Å². The van der Waals surface area contributed by atoms with E-state index < -0.39 is 23.6 Å². The maximum absolute atomic E-state index is 13.5. The number of pyridine rings is 1. The van der Waals surface area contributed by atoms with Gasteiger partial charge in [-0.1, -0.05) is 0 Å². The third-order valence-electron chi connectivity index (χ3n) is 7.43. The monoisotopic (exact) mass is 502 g/mol. The van der Waals surface area contributed by atoms with E-state index in [2.05, 4.69) is 17.2 Å². The lowest BCUT2D eigenvalue weighted by Gasteiger charge is -2.42. The molecule has 1 fully saturated rings. The van der Waals surface area contributed by atoms with Crippen LogP contribution in [-0.4, -0.2) is 43.0 Å². The first-order valence-electron chi connectivity index (χ1n) is 12.4. The Morgan fingerprint density at radius 2 is 1.81 bits per heavy atom. The van der Waals surface area contributed by atoms with Gasteiger partial charge in [-0.05, 0) is 86.9 Å². The molecule has 0 bridgehead atoms. The number of fused-ring (bicyclic) bond motifs is 1. The van der Waals surface area contributed by atoms with E-state index in [1.807, 2.05) is 24.4 Å². The van der Waals surface area contributed by atoms with Crippen LogP contribution in [0.3, 0.4) is 0 Å². The molecule has 1 aliphatic rings. The van der Waals surface area contributed by atoms with Gasteiger partial charge in [0.25, 0.3) is 0 Å². The van der Waals surface area contributed by atoms with Crippen molar-refractivity contribution in [3.8, 4) is 11.5 Å². The topological polar surface area (TPSA) is 63.6 Å². The smallest absolute Gasteiger partial charge is 0.194 e. The average Bonchev–Trinajstić information content (AvgIpc) is 2.88. The third kappa shape index (κ3) is 5.76. The van der Waals surface area contributed by atoms with E-state index in [4.69, 9.17) is 9.47 Å². The van der Waals surface area contributed by atoms with Gasteiger partial charge in [-0.3, -0.25) is 4.98 Å². The highest BCUT2D eigenvalue weighted by Crippen LogP contribution is 2.40. The summed E-state index contributed by atoms with van der Waals surface area (Å²) in [4.78, 5) is 4.55. The van der Waals surface area contributed by atoms with Crippen molar-refractivity contribution >= 4 is 10.9 Å². The number of aryl methyl sites for hydroxylation is 2. The number of ether oxygens (including phenoxy) is 2. The van der Waals surface area contributed by atoms with Gasteiger partial charge in [0.1, 0.15) is 11.5 Å². The summed E-state index contributed by atoms with van der Waals surface area (Å²) in [6.45, 7) is 3.78. The number of aliphatic hydroxyl groups excluding tert-OH is 1. The SMILES string of the molecule is COc1ccc2ncc(C)c(CCCC3(C(O)CCOc4cc(F)c(F)c(F)c4)CCNCC3)c2c1. The summed E-state index contributed by atoms with van der Waals surface area (Å²) < 4.78 is 51.0. The zero-order valence-corrected chi connectivity index (χ0v) is 20.8. The second-order valence-corrected chi connectivity index (χ2v) is 9.62. The Bertz CT molecular complexity index is 1180. The number of aliphatic hydroxyl groups is 1. The molecular weight excluding hydrogens is 469 g/mol. The molecule has 0 radical (unpaired) electrons. The third-order valence-corrected chi connectivity index (χ3v) is 7.43. The minimum Gasteiger partial charge on any atom is -0.497 e. The van der Waals surface area contributed by atoms with Crippen molar-refractivity contribution in [1.82, 2.24) is 10.3 Å². The summed E-state index contributed by atoms with van der Waals surface area (Å²) in [7, 11) is 1.65. The van der Waals surface area contributed by atoms with Gasteiger partial charge < -0.3 is 19.9 Å². The molecule has 1 saturated heterocycles. The number of nitrogens with one attached hydrogen (secondary N) is 1. The normalized spacial score (nSPS) is 16.2. The summed E-state index contributed by atoms with van der Waals surface area (Å²) in [5.74, 6) is -3.41. The number of aromatic nitrogens is 1. The van der Waals surface area contributed by atoms with E-state index in [-0.39, 0.29) is 17.8 Å². The number of halogens is 3. The predicted molar refractivity (Wildman–Crippen MR) is 133 cm³/mol. The highest BCUT2D eigenvalue weighted by atomic mass is 19.2. The first kappa shape index (κ1) is 26.2. The van der Waals surface area contributed by atoms with E-state index >= 15 is 0 Å². The molecular formula is C28H33F3N2O3. The summed E-state index contributed by atoms with van der Waals surface area (Å²) in [5.41, 5.74) is 3.02. The fourth-order valence-electron chi connectivity index (χ4n) is 5.29. The molecule has 36 heavy (non-hydrogen) atoms. The van der Waals surface area contributed by atoms with Gasteiger partial charge >= 0.3 is 0 Å². The summed E-state index contributed by atoms with van der Waals surface area (Å²) >= 11 is 0. The van der Waals surface area contributed by atoms with Crippen LogP contribution in [-0.2, 0) is 6.42 Å². The van der Waals surface area contributed by atoms with Crippen molar-refractivity contribution in [3.63, 3.8) is 0 Å². The van der Waals surface area contributed by atoms with Crippen LogP contribution in [0.25, 0.3) is 10.9 Å². The second-order valence-electron chi connectivity index (χ2n) is 9.62. The van der Waals surface area contributed by atoms with Gasteiger partial charge in [0.05, 0.1) is 25.3 Å². The van der Waals surface area contributed by atoms with Gasteiger partial charge in [0.15, 0.2) is 17.5 Å². The standard InChI is InChI=1S/C28H33F3N2O3/c1-18-17-33-25-6-5-19(35-2)14-22(25)21(18)4-3-8-28(9-11-32-12-10-28)26(34)7-13-36-20-15-23(29)27(31)24(30)16-20/h5-6,14-17,26,32,34H,3-4,7-13H2,1-2H3. The Hall–Kier alpha value is -2.84. The maximum Gasteiger partial charge on any atom is 0.194 e. The fourth-order valence-corrected chi connectivity index (χ4v) is 5.29. The molecule has 1 aliphatic heterocycles. The van der Waals surface area contributed by atoms with Gasteiger partial charge in [-0.2, -0.15) is 0 Å². The van der Waals surface area contributed by atoms with Crippen molar-refractivity contribution in [1.29, 1.82) is 0 Å². The van der Waals surface area contributed by atoms with Crippen molar-refractivity contribution in [3.05, 3.63) is 65.1 Å². The minimum absolute atomic E-state index is 0.0781. The lowest BCUT2D eigenvalue weighted by atomic mass is 9.69.